The molecule has 3 unspecified atom stereocenters. The van der Waals surface area contributed by atoms with Crippen LogP contribution in [0.3, 0.4) is 0 Å². The van der Waals surface area contributed by atoms with Crippen molar-refractivity contribution in [3.8, 4) is 0 Å². The lowest BCUT2D eigenvalue weighted by Crippen LogP contribution is -2.53. The highest BCUT2D eigenvalue weighted by atomic mass is 127. The van der Waals surface area contributed by atoms with Gasteiger partial charge in [0.05, 0.1) is 12.7 Å². The van der Waals surface area contributed by atoms with E-state index in [-0.39, 0.29) is 30.1 Å². The van der Waals surface area contributed by atoms with E-state index in [0.29, 0.717) is 18.0 Å². The van der Waals surface area contributed by atoms with Gasteiger partial charge >= 0.3 is 0 Å². The van der Waals surface area contributed by atoms with Gasteiger partial charge in [0.15, 0.2) is 5.96 Å². The van der Waals surface area contributed by atoms with Crippen LogP contribution < -0.4 is 10.6 Å². The van der Waals surface area contributed by atoms with Gasteiger partial charge < -0.3 is 15.4 Å². The average molecular weight is 508 g/mol. The molecular weight excluding hydrogens is 465 g/mol. The molecule has 0 aliphatic carbocycles. The van der Waals surface area contributed by atoms with E-state index in [9.17, 15) is 0 Å². The summed E-state index contributed by atoms with van der Waals surface area (Å²) in [5, 5.41) is 7.08. The zero-order chi connectivity index (χ0) is 19.1. The van der Waals surface area contributed by atoms with Crippen molar-refractivity contribution in [3.05, 3.63) is 0 Å². The van der Waals surface area contributed by atoms with Crippen LogP contribution in [0.1, 0.15) is 52.4 Å². The van der Waals surface area contributed by atoms with Crippen molar-refractivity contribution in [1.82, 2.24) is 20.4 Å². The normalized spacial score (nSPS) is 28.4. The van der Waals surface area contributed by atoms with Crippen LogP contribution >= 0.6 is 24.0 Å². The largest absolute Gasteiger partial charge is 0.373 e. The van der Waals surface area contributed by atoms with E-state index >= 15 is 0 Å². The Morgan fingerprint density at radius 3 is 2.50 bits per heavy atom. The minimum Gasteiger partial charge on any atom is -0.373 e. The standard InChI is InChI=1S/C21H41N5O.HI/c1-17(2)20(25-10-6-4-5-7-11-25)14-24-21(22-3)23-13-19-15-26-12-8-9-18(26)16-27-19;/h17-20H,4-16H2,1-3H3,(H2,22,23,24);1H. The van der Waals surface area contributed by atoms with Crippen molar-refractivity contribution < 1.29 is 4.74 Å². The fraction of sp³-hybridized carbons (Fsp3) is 0.952. The predicted octanol–water partition coefficient (Wildman–Crippen LogP) is 2.53. The molecule has 0 bridgehead atoms. The Balaban J connectivity index is 0.00000280. The molecule has 0 amide bonds. The molecule has 2 N–H and O–H groups in total. The molecule has 0 aromatic heterocycles. The second-order valence-electron chi connectivity index (χ2n) is 8.84. The van der Waals surface area contributed by atoms with Crippen molar-refractivity contribution in [2.45, 2.75) is 70.6 Å². The van der Waals surface area contributed by atoms with Crippen molar-refractivity contribution in [2.75, 3.05) is 52.9 Å². The molecule has 0 saturated carbocycles. The number of nitrogens with zero attached hydrogens (tertiary/aromatic N) is 3. The number of rotatable bonds is 6. The Kier molecular flexibility index (Phi) is 10.8. The number of guanidine groups is 1. The maximum absolute atomic E-state index is 6.06. The molecule has 3 atom stereocenters. The summed E-state index contributed by atoms with van der Waals surface area (Å²) in [6.07, 6.45) is 8.35. The zero-order valence-electron chi connectivity index (χ0n) is 18.2. The monoisotopic (exact) mass is 507 g/mol. The highest BCUT2D eigenvalue weighted by Crippen LogP contribution is 2.22. The Labute approximate surface area is 189 Å². The maximum atomic E-state index is 6.06. The lowest BCUT2D eigenvalue weighted by molar-refractivity contribution is -0.0453. The van der Waals surface area contributed by atoms with Crippen LogP contribution in [0.5, 0.6) is 0 Å². The average Bonchev–Trinajstić information content (AvgIpc) is 2.97. The first-order chi connectivity index (χ1) is 13.2. The van der Waals surface area contributed by atoms with Crippen molar-refractivity contribution >= 4 is 29.9 Å². The molecule has 3 aliphatic heterocycles. The highest BCUT2D eigenvalue weighted by molar-refractivity contribution is 14.0. The van der Waals surface area contributed by atoms with E-state index in [1.807, 2.05) is 7.05 Å². The predicted molar refractivity (Wildman–Crippen MR) is 128 cm³/mol. The van der Waals surface area contributed by atoms with Gasteiger partial charge in [-0.3, -0.25) is 14.8 Å². The summed E-state index contributed by atoms with van der Waals surface area (Å²) >= 11 is 0. The van der Waals surface area contributed by atoms with Gasteiger partial charge in [0.25, 0.3) is 0 Å². The van der Waals surface area contributed by atoms with Crippen molar-refractivity contribution in [3.63, 3.8) is 0 Å². The van der Waals surface area contributed by atoms with Gasteiger partial charge in [-0.25, -0.2) is 0 Å². The molecule has 3 rings (SSSR count). The first kappa shape index (κ1) is 24.2. The van der Waals surface area contributed by atoms with E-state index in [0.717, 1.165) is 32.2 Å². The number of fused-ring (bicyclic) bond motifs is 1. The third kappa shape index (κ3) is 6.99. The zero-order valence-corrected chi connectivity index (χ0v) is 20.5. The van der Waals surface area contributed by atoms with Crippen molar-refractivity contribution in [1.29, 1.82) is 0 Å². The maximum Gasteiger partial charge on any atom is 0.191 e. The molecule has 0 radical (unpaired) electrons. The molecular formula is C21H42IN5O. The lowest BCUT2D eigenvalue weighted by Gasteiger charge is -2.36. The van der Waals surface area contributed by atoms with Crippen molar-refractivity contribution in [2.24, 2.45) is 10.9 Å². The summed E-state index contributed by atoms with van der Waals surface area (Å²) in [4.78, 5) is 9.73. The smallest absolute Gasteiger partial charge is 0.191 e. The first-order valence-corrected chi connectivity index (χ1v) is 11.2. The van der Waals surface area contributed by atoms with Crippen LogP contribution in [0.25, 0.3) is 0 Å². The van der Waals surface area contributed by atoms with Gasteiger partial charge in [-0.05, 0) is 51.2 Å². The Bertz CT molecular complexity index is 468. The summed E-state index contributed by atoms with van der Waals surface area (Å²) in [6.45, 7) is 12.1. The van der Waals surface area contributed by atoms with E-state index in [4.69, 9.17) is 4.74 Å². The van der Waals surface area contributed by atoms with Crippen LogP contribution in [-0.2, 0) is 4.74 Å². The summed E-state index contributed by atoms with van der Waals surface area (Å²) in [7, 11) is 1.86. The Hall–Kier alpha value is -0.120. The topological polar surface area (TPSA) is 52.1 Å². The fourth-order valence-electron chi connectivity index (χ4n) is 4.85. The summed E-state index contributed by atoms with van der Waals surface area (Å²) in [5.41, 5.74) is 0. The van der Waals surface area contributed by atoms with Crippen LogP contribution in [0.2, 0.25) is 0 Å². The quantitative estimate of drug-likeness (QED) is 0.329. The number of aliphatic imine (C=N–C) groups is 1. The summed E-state index contributed by atoms with van der Waals surface area (Å²) in [5.74, 6) is 1.55. The minimum atomic E-state index is 0. The molecule has 164 valence electrons. The molecule has 3 heterocycles. The van der Waals surface area contributed by atoms with Crippen LogP contribution in [0.4, 0.5) is 0 Å². The van der Waals surface area contributed by atoms with Gasteiger partial charge in [0.2, 0.25) is 0 Å². The molecule has 7 heteroatoms. The molecule has 3 saturated heterocycles. The highest BCUT2D eigenvalue weighted by Gasteiger charge is 2.32. The van der Waals surface area contributed by atoms with Gasteiger partial charge in [-0.15, -0.1) is 24.0 Å². The van der Waals surface area contributed by atoms with E-state index in [1.165, 1.54) is 58.2 Å². The SMILES string of the molecule is CN=C(NCC1CN2CCCC2CO1)NCC(C(C)C)N1CCCCCC1.I. The van der Waals surface area contributed by atoms with Crippen LogP contribution in [-0.4, -0.2) is 86.9 Å². The molecule has 28 heavy (non-hydrogen) atoms. The minimum absolute atomic E-state index is 0. The third-order valence-electron chi connectivity index (χ3n) is 6.54. The van der Waals surface area contributed by atoms with Crippen LogP contribution in [0.15, 0.2) is 4.99 Å². The number of halogens is 1. The fourth-order valence-corrected chi connectivity index (χ4v) is 4.85. The van der Waals surface area contributed by atoms with E-state index in [2.05, 4.69) is 39.3 Å². The summed E-state index contributed by atoms with van der Waals surface area (Å²) in [6, 6.07) is 1.23. The third-order valence-corrected chi connectivity index (χ3v) is 6.54. The van der Waals surface area contributed by atoms with Gasteiger partial charge in [0, 0.05) is 38.8 Å². The van der Waals surface area contributed by atoms with E-state index < -0.39 is 0 Å². The number of hydrogen-bond acceptors (Lipinski definition) is 4. The molecule has 0 aromatic carbocycles. The second-order valence-corrected chi connectivity index (χ2v) is 8.84. The summed E-state index contributed by atoms with van der Waals surface area (Å²) < 4.78 is 6.06. The number of likely N-dealkylation sites (tertiary alicyclic amines) is 1. The van der Waals surface area contributed by atoms with E-state index in [1.54, 1.807) is 0 Å². The number of hydrogen-bond donors (Lipinski definition) is 2. The number of ether oxygens (including phenoxy) is 1. The Morgan fingerprint density at radius 2 is 1.82 bits per heavy atom. The molecule has 0 aromatic rings. The first-order valence-electron chi connectivity index (χ1n) is 11.2. The van der Waals surface area contributed by atoms with Crippen LogP contribution in [0, 0.1) is 5.92 Å². The second kappa shape index (κ2) is 12.5. The number of nitrogens with one attached hydrogen (secondary N) is 2. The van der Waals surface area contributed by atoms with Gasteiger partial charge in [-0.1, -0.05) is 26.7 Å². The Morgan fingerprint density at radius 1 is 1.07 bits per heavy atom. The number of morpholine rings is 1. The van der Waals surface area contributed by atoms with Gasteiger partial charge in [0.1, 0.15) is 0 Å². The molecule has 6 nitrogen and oxygen atoms in total. The van der Waals surface area contributed by atoms with Gasteiger partial charge in [-0.2, -0.15) is 0 Å². The molecule has 3 fully saturated rings. The molecule has 3 aliphatic rings. The molecule has 0 spiro atoms. The lowest BCUT2D eigenvalue weighted by atomic mass is 10.0.